The Morgan fingerprint density at radius 2 is 1.44 bits per heavy atom. The van der Waals surface area contributed by atoms with Gasteiger partial charge in [-0.15, -0.1) is 0 Å². The molecule has 0 saturated carbocycles. The largest absolute Gasteiger partial charge is 0.465 e. The molecule has 3 aromatic rings. The second-order valence-corrected chi connectivity index (χ2v) is 7.78. The third-order valence-electron chi connectivity index (χ3n) is 4.26. The summed E-state index contributed by atoms with van der Waals surface area (Å²) in [6.07, 6.45) is 0. The van der Waals surface area contributed by atoms with Gasteiger partial charge in [-0.1, -0.05) is 60.7 Å². The molecule has 0 radical (unpaired) electrons. The summed E-state index contributed by atoms with van der Waals surface area (Å²) in [4.78, 5) is 12.2. The van der Waals surface area contributed by atoms with Crippen LogP contribution in [0.5, 0.6) is 0 Å². The number of rotatable bonds is 5. The fourth-order valence-electron chi connectivity index (χ4n) is 2.86. The lowest BCUT2D eigenvalue weighted by molar-refractivity contribution is 0.0601. The number of nitrogens with zero attached hydrogens (tertiary/aromatic N) is 1. The van der Waals surface area contributed by atoms with Crippen LogP contribution in [0.25, 0.3) is 11.1 Å². The number of hydrogen-bond acceptors (Lipinski definition) is 4. The molecule has 0 fully saturated rings. The van der Waals surface area contributed by atoms with Gasteiger partial charge >= 0.3 is 5.97 Å². The van der Waals surface area contributed by atoms with E-state index < -0.39 is 16.0 Å². The van der Waals surface area contributed by atoms with Gasteiger partial charge < -0.3 is 4.74 Å². The third kappa shape index (κ3) is 3.57. The zero-order chi connectivity index (χ0) is 19.4. The minimum Gasteiger partial charge on any atom is -0.465 e. The molecule has 0 aliphatic heterocycles. The summed E-state index contributed by atoms with van der Waals surface area (Å²) in [5, 5.41) is 0. The molecular weight excluding hydrogens is 362 g/mol. The second-order valence-electron chi connectivity index (χ2n) is 5.84. The van der Waals surface area contributed by atoms with Crippen LogP contribution >= 0.6 is 0 Å². The minimum absolute atomic E-state index is 0.165. The summed E-state index contributed by atoms with van der Waals surface area (Å²) in [6, 6.07) is 22.6. The van der Waals surface area contributed by atoms with Gasteiger partial charge in [-0.25, -0.2) is 13.2 Å². The highest BCUT2D eigenvalue weighted by Crippen LogP contribution is 2.32. The van der Waals surface area contributed by atoms with Crippen molar-refractivity contribution in [3.05, 3.63) is 84.4 Å². The van der Waals surface area contributed by atoms with E-state index >= 15 is 0 Å². The van der Waals surface area contributed by atoms with Gasteiger partial charge in [0.1, 0.15) is 0 Å². The van der Waals surface area contributed by atoms with Crippen LogP contribution in [0.1, 0.15) is 10.4 Å². The van der Waals surface area contributed by atoms with E-state index in [-0.39, 0.29) is 16.1 Å². The molecule has 0 saturated heterocycles. The topological polar surface area (TPSA) is 63.7 Å². The van der Waals surface area contributed by atoms with Gasteiger partial charge in [-0.05, 0) is 23.8 Å². The second kappa shape index (κ2) is 7.63. The van der Waals surface area contributed by atoms with E-state index in [1.807, 2.05) is 30.3 Å². The van der Waals surface area contributed by atoms with Gasteiger partial charge in [0.2, 0.25) is 0 Å². The Kier molecular flexibility index (Phi) is 5.28. The van der Waals surface area contributed by atoms with Crippen molar-refractivity contribution in [2.45, 2.75) is 4.90 Å². The first kappa shape index (κ1) is 18.7. The molecule has 0 atom stereocenters. The third-order valence-corrected chi connectivity index (χ3v) is 6.09. The summed E-state index contributed by atoms with van der Waals surface area (Å²) >= 11 is 0. The number of hydrogen-bond donors (Lipinski definition) is 0. The maximum atomic E-state index is 13.4. The van der Waals surface area contributed by atoms with Crippen molar-refractivity contribution >= 4 is 21.7 Å². The van der Waals surface area contributed by atoms with E-state index in [1.54, 1.807) is 42.5 Å². The lowest BCUT2D eigenvalue weighted by Crippen LogP contribution is -2.28. The average molecular weight is 381 g/mol. The number of sulfonamides is 1. The molecule has 5 nitrogen and oxygen atoms in total. The van der Waals surface area contributed by atoms with Gasteiger partial charge in [-0.3, -0.25) is 4.31 Å². The molecule has 0 N–H and O–H groups in total. The molecular formula is C21H19NO4S. The van der Waals surface area contributed by atoms with Crippen molar-refractivity contribution in [3.8, 4) is 11.1 Å². The highest BCUT2D eigenvalue weighted by Gasteiger charge is 2.27. The molecule has 27 heavy (non-hydrogen) atoms. The summed E-state index contributed by atoms with van der Waals surface area (Å²) < 4.78 is 32.6. The fourth-order valence-corrected chi connectivity index (χ4v) is 4.28. The molecule has 3 rings (SSSR count). The van der Waals surface area contributed by atoms with Crippen LogP contribution in [0.2, 0.25) is 0 Å². The van der Waals surface area contributed by atoms with Crippen molar-refractivity contribution in [1.29, 1.82) is 0 Å². The highest BCUT2D eigenvalue weighted by molar-refractivity contribution is 7.93. The number of benzene rings is 3. The Morgan fingerprint density at radius 1 is 0.852 bits per heavy atom. The normalized spacial score (nSPS) is 11.0. The van der Waals surface area contributed by atoms with E-state index in [1.165, 1.54) is 20.2 Å². The fraction of sp³-hybridized carbons (Fsp3) is 0.0952. The van der Waals surface area contributed by atoms with E-state index in [0.29, 0.717) is 5.56 Å². The Balaban J connectivity index is 2.13. The molecule has 0 amide bonds. The number of anilines is 1. The number of ether oxygens (including phenoxy) is 1. The maximum Gasteiger partial charge on any atom is 0.340 e. The predicted octanol–water partition coefficient (Wildman–Crippen LogP) is 3.97. The van der Waals surface area contributed by atoms with Crippen LogP contribution in [0.3, 0.4) is 0 Å². The standard InChI is InChI=1S/C21H19NO4S/c1-22(19-14-8-6-13-18(19)21(23)26-2)27(24,25)20-15-9-7-12-17(20)16-10-4-3-5-11-16/h3-15H,1-2H3. The maximum absolute atomic E-state index is 13.4. The van der Waals surface area contributed by atoms with Gasteiger partial charge in [0.15, 0.2) is 0 Å². The molecule has 6 heteroatoms. The van der Waals surface area contributed by atoms with Gasteiger partial charge in [0.05, 0.1) is 23.3 Å². The van der Waals surface area contributed by atoms with Crippen molar-refractivity contribution in [2.24, 2.45) is 0 Å². The van der Waals surface area contributed by atoms with Crippen molar-refractivity contribution in [3.63, 3.8) is 0 Å². The van der Waals surface area contributed by atoms with Crippen LogP contribution in [0, 0.1) is 0 Å². The smallest absolute Gasteiger partial charge is 0.340 e. The number of esters is 1. The molecule has 0 spiro atoms. The van der Waals surface area contributed by atoms with E-state index in [9.17, 15) is 13.2 Å². The van der Waals surface area contributed by atoms with Gasteiger partial charge in [0, 0.05) is 12.6 Å². The Bertz CT molecular complexity index is 1060. The summed E-state index contributed by atoms with van der Waals surface area (Å²) in [7, 11) is -1.22. The first-order valence-corrected chi connectivity index (χ1v) is 9.71. The quantitative estimate of drug-likeness (QED) is 0.628. The summed E-state index contributed by atoms with van der Waals surface area (Å²) in [6.45, 7) is 0. The number of carbonyl (C=O) groups is 1. The number of para-hydroxylation sites is 1. The Morgan fingerprint density at radius 3 is 2.15 bits per heavy atom. The van der Waals surface area contributed by atoms with Crippen LogP contribution in [-0.2, 0) is 14.8 Å². The first-order chi connectivity index (χ1) is 13.0. The molecule has 0 aliphatic carbocycles. The minimum atomic E-state index is -3.91. The molecule has 0 bridgehead atoms. The van der Waals surface area contributed by atoms with Crippen LogP contribution < -0.4 is 4.31 Å². The highest BCUT2D eigenvalue weighted by atomic mass is 32.2. The van der Waals surface area contributed by atoms with Crippen molar-refractivity contribution in [1.82, 2.24) is 0 Å². The Labute approximate surface area is 158 Å². The summed E-state index contributed by atoms with van der Waals surface area (Å²) in [5.41, 5.74) is 1.84. The van der Waals surface area contributed by atoms with E-state index in [4.69, 9.17) is 4.74 Å². The molecule has 3 aromatic carbocycles. The monoisotopic (exact) mass is 381 g/mol. The van der Waals surface area contributed by atoms with E-state index in [0.717, 1.165) is 9.87 Å². The lowest BCUT2D eigenvalue weighted by Gasteiger charge is -2.23. The zero-order valence-corrected chi connectivity index (χ0v) is 15.8. The molecule has 0 aromatic heterocycles. The van der Waals surface area contributed by atoms with Gasteiger partial charge in [-0.2, -0.15) is 0 Å². The molecule has 138 valence electrons. The average Bonchev–Trinajstić information content (AvgIpc) is 2.73. The SMILES string of the molecule is COC(=O)c1ccccc1N(C)S(=O)(=O)c1ccccc1-c1ccccc1. The van der Waals surface area contributed by atoms with E-state index in [2.05, 4.69) is 0 Å². The van der Waals surface area contributed by atoms with Crippen LogP contribution in [0.4, 0.5) is 5.69 Å². The zero-order valence-electron chi connectivity index (χ0n) is 15.0. The van der Waals surface area contributed by atoms with Gasteiger partial charge in [0.25, 0.3) is 10.0 Å². The number of carbonyl (C=O) groups excluding carboxylic acids is 1. The van der Waals surface area contributed by atoms with Crippen molar-refractivity contribution in [2.75, 3.05) is 18.5 Å². The van der Waals surface area contributed by atoms with Crippen LogP contribution in [-0.4, -0.2) is 28.5 Å². The molecule has 0 heterocycles. The van der Waals surface area contributed by atoms with Crippen LogP contribution in [0.15, 0.2) is 83.8 Å². The summed E-state index contributed by atoms with van der Waals surface area (Å²) in [5.74, 6) is -0.594. The lowest BCUT2D eigenvalue weighted by atomic mass is 10.1. The molecule has 0 aliphatic rings. The Hall–Kier alpha value is -3.12. The molecule has 0 unspecified atom stereocenters. The van der Waals surface area contributed by atoms with Crippen molar-refractivity contribution < 1.29 is 17.9 Å². The first-order valence-electron chi connectivity index (χ1n) is 8.27. The number of methoxy groups -OCH3 is 1. The predicted molar refractivity (Wildman–Crippen MR) is 105 cm³/mol.